The van der Waals surface area contributed by atoms with Crippen LogP contribution in [0.1, 0.15) is 5.56 Å². The van der Waals surface area contributed by atoms with Crippen molar-refractivity contribution in [2.45, 2.75) is 6.04 Å². The average molecular weight is 285 g/mol. The Morgan fingerprint density at radius 1 is 1.62 bits per heavy atom. The molecule has 1 aromatic rings. The van der Waals surface area contributed by atoms with Crippen LogP contribution in [0.5, 0.6) is 0 Å². The van der Waals surface area contributed by atoms with Crippen molar-refractivity contribution in [1.82, 2.24) is 0 Å². The molecule has 86 valence electrons. The second kappa shape index (κ2) is 6.48. The van der Waals surface area contributed by atoms with E-state index in [1.54, 1.807) is 19.2 Å². The lowest BCUT2D eigenvalue weighted by Crippen LogP contribution is -2.29. The van der Waals surface area contributed by atoms with Gasteiger partial charge in [0.25, 0.3) is 0 Å². The molecule has 0 aliphatic rings. The summed E-state index contributed by atoms with van der Waals surface area (Å²) in [6.07, 6.45) is 0. The van der Waals surface area contributed by atoms with E-state index < -0.39 is 0 Å². The molecule has 0 bridgehead atoms. The van der Waals surface area contributed by atoms with E-state index in [0.717, 1.165) is 4.47 Å². The van der Waals surface area contributed by atoms with Crippen LogP contribution in [-0.4, -0.2) is 31.5 Å². The van der Waals surface area contributed by atoms with Gasteiger partial charge in [0, 0.05) is 11.6 Å². The first kappa shape index (κ1) is 13.0. The number of benzene rings is 1. The van der Waals surface area contributed by atoms with E-state index in [0.29, 0.717) is 17.9 Å². The highest BCUT2D eigenvalue weighted by atomic mass is 79.9. The molecule has 1 aromatic carbocycles. The van der Waals surface area contributed by atoms with Crippen molar-refractivity contribution >= 4 is 21.6 Å². The smallest absolute Gasteiger partial charge is 0.101 e. The van der Waals surface area contributed by atoms with Crippen molar-refractivity contribution < 1.29 is 9.84 Å². The monoisotopic (exact) mass is 284 g/mol. The Bertz CT molecular complexity index is 390. The Hall–Kier alpha value is -1.09. The molecule has 1 rings (SSSR count). The van der Waals surface area contributed by atoms with Gasteiger partial charge in [-0.1, -0.05) is 15.9 Å². The van der Waals surface area contributed by atoms with Crippen LogP contribution in [0.4, 0.5) is 5.69 Å². The van der Waals surface area contributed by atoms with Gasteiger partial charge in [-0.2, -0.15) is 5.26 Å². The summed E-state index contributed by atoms with van der Waals surface area (Å²) in [7, 11) is 1.57. The SMILES string of the molecule is COCC(CO)Nc1ccc(Br)cc1C#N. The third-order valence-electron chi connectivity index (χ3n) is 2.05. The first-order chi connectivity index (χ1) is 7.71. The molecule has 0 spiro atoms. The third kappa shape index (κ3) is 3.49. The fraction of sp³-hybridized carbons (Fsp3) is 0.364. The number of nitriles is 1. The van der Waals surface area contributed by atoms with Gasteiger partial charge in [-0.05, 0) is 18.2 Å². The first-order valence-electron chi connectivity index (χ1n) is 4.77. The van der Waals surface area contributed by atoms with Gasteiger partial charge in [-0.25, -0.2) is 0 Å². The number of nitrogens with one attached hydrogen (secondary N) is 1. The van der Waals surface area contributed by atoms with E-state index >= 15 is 0 Å². The number of methoxy groups -OCH3 is 1. The number of ether oxygens (including phenoxy) is 1. The quantitative estimate of drug-likeness (QED) is 0.865. The van der Waals surface area contributed by atoms with Gasteiger partial charge in [-0.15, -0.1) is 0 Å². The molecule has 0 radical (unpaired) electrons. The predicted molar refractivity (Wildman–Crippen MR) is 65.2 cm³/mol. The zero-order valence-corrected chi connectivity index (χ0v) is 10.5. The van der Waals surface area contributed by atoms with Crippen LogP contribution in [0.2, 0.25) is 0 Å². The Labute approximate surface area is 103 Å². The number of nitrogens with zero attached hydrogens (tertiary/aromatic N) is 1. The summed E-state index contributed by atoms with van der Waals surface area (Å²) in [5, 5.41) is 21.1. The van der Waals surface area contributed by atoms with Gasteiger partial charge >= 0.3 is 0 Å². The normalized spacial score (nSPS) is 11.9. The molecule has 16 heavy (non-hydrogen) atoms. The van der Waals surface area contributed by atoms with Crippen LogP contribution >= 0.6 is 15.9 Å². The second-order valence-corrected chi connectivity index (χ2v) is 4.20. The van der Waals surface area contributed by atoms with Crippen molar-refractivity contribution in [3.05, 3.63) is 28.2 Å². The lowest BCUT2D eigenvalue weighted by Gasteiger charge is -2.17. The molecule has 0 aliphatic carbocycles. The number of aliphatic hydroxyl groups excluding tert-OH is 1. The zero-order chi connectivity index (χ0) is 12.0. The highest BCUT2D eigenvalue weighted by Crippen LogP contribution is 2.20. The molecular formula is C11H13BrN2O2. The Kier molecular flexibility index (Phi) is 5.26. The molecule has 1 atom stereocenters. The summed E-state index contributed by atoms with van der Waals surface area (Å²) in [6.45, 7) is 0.339. The Balaban J connectivity index is 2.83. The number of aliphatic hydroxyl groups is 1. The van der Waals surface area contributed by atoms with Crippen LogP contribution in [-0.2, 0) is 4.74 Å². The lowest BCUT2D eigenvalue weighted by molar-refractivity contribution is 0.153. The van der Waals surface area contributed by atoms with Crippen LogP contribution < -0.4 is 5.32 Å². The van der Waals surface area contributed by atoms with E-state index in [1.165, 1.54) is 0 Å². The van der Waals surface area contributed by atoms with Crippen LogP contribution in [0.25, 0.3) is 0 Å². The standard InChI is InChI=1S/C11H13BrN2O2/c1-16-7-10(6-15)14-11-3-2-9(12)4-8(11)5-13/h2-4,10,14-15H,6-7H2,1H3. The van der Waals surface area contributed by atoms with E-state index in [2.05, 4.69) is 27.3 Å². The molecule has 0 amide bonds. The number of rotatable bonds is 5. The first-order valence-corrected chi connectivity index (χ1v) is 5.56. The van der Waals surface area contributed by atoms with E-state index in [1.807, 2.05) is 6.07 Å². The molecule has 0 aromatic heterocycles. The number of hydrogen-bond acceptors (Lipinski definition) is 4. The maximum Gasteiger partial charge on any atom is 0.101 e. The third-order valence-corrected chi connectivity index (χ3v) is 2.54. The maximum atomic E-state index is 9.10. The number of halogens is 1. The van der Waals surface area contributed by atoms with Crippen molar-refractivity contribution in [2.75, 3.05) is 25.6 Å². The van der Waals surface area contributed by atoms with Gasteiger partial charge in [0.1, 0.15) is 6.07 Å². The minimum atomic E-state index is -0.210. The molecule has 0 saturated carbocycles. The van der Waals surface area contributed by atoms with Crippen LogP contribution in [0.15, 0.2) is 22.7 Å². The maximum absolute atomic E-state index is 9.10. The summed E-state index contributed by atoms with van der Waals surface area (Å²) < 4.78 is 5.80. The topological polar surface area (TPSA) is 65.3 Å². The summed E-state index contributed by atoms with van der Waals surface area (Å²) in [4.78, 5) is 0. The molecule has 0 heterocycles. The fourth-order valence-corrected chi connectivity index (χ4v) is 1.66. The van der Waals surface area contributed by atoms with Crippen molar-refractivity contribution in [3.63, 3.8) is 0 Å². The van der Waals surface area contributed by atoms with Gasteiger partial charge < -0.3 is 15.2 Å². The van der Waals surface area contributed by atoms with Gasteiger partial charge in [0.2, 0.25) is 0 Å². The van der Waals surface area contributed by atoms with Crippen LogP contribution in [0, 0.1) is 11.3 Å². The summed E-state index contributed by atoms with van der Waals surface area (Å²) >= 11 is 3.30. The number of hydrogen-bond donors (Lipinski definition) is 2. The lowest BCUT2D eigenvalue weighted by atomic mass is 10.2. The van der Waals surface area contributed by atoms with E-state index in [4.69, 9.17) is 15.1 Å². The highest BCUT2D eigenvalue weighted by molar-refractivity contribution is 9.10. The summed E-state index contributed by atoms with van der Waals surface area (Å²) in [6, 6.07) is 7.24. The molecular weight excluding hydrogens is 272 g/mol. The zero-order valence-electron chi connectivity index (χ0n) is 8.90. The van der Waals surface area contributed by atoms with Gasteiger partial charge in [0.15, 0.2) is 0 Å². The summed E-state index contributed by atoms with van der Waals surface area (Å²) in [5.74, 6) is 0. The minimum Gasteiger partial charge on any atom is -0.394 e. The Morgan fingerprint density at radius 3 is 2.94 bits per heavy atom. The molecule has 1 unspecified atom stereocenters. The van der Waals surface area contributed by atoms with E-state index in [-0.39, 0.29) is 12.6 Å². The predicted octanol–water partition coefficient (Wildman–Crippen LogP) is 1.74. The van der Waals surface area contributed by atoms with Crippen molar-refractivity contribution in [1.29, 1.82) is 5.26 Å². The molecule has 5 heteroatoms. The van der Waals surface area contributed by atoms with Crippen LogP contribution in [0.3, 0.4) is 0 Å². The fourth-order valence-electron chi connectivity index (χ4n) is 1.30. The highest BCUT2D eigenvalue weighted by Gasteiger charge is 2.09. The minimum absolute atomic E-state index is 0.0469. The molecule has 4 nitrogen and oxygen atoms in total. The van der Waals surface area contributed by atoms with Gasteiger partial charge in [0.05, 0.1) is 30.5 Å². The number of anilines is 1. The van der Waals surface area contributed by atoms with Crippen molar-refractivity contribution in [2.24, 2.45) is 0 Å². The molecule has 2 N–H and O–H groups in total. The second-order valence-electron chi connectivity index (χ2n) is 3.28. The molecule has 0 saturated heterocycles. The largest absolute Gasteiger partial charge is 0.394 e. The average Bonchev–Trinajstić information content (AvgIpc) is 2.30. The Morgan fingerprint density at radius 2 is 2.38 bits per heavy atom. The van der Waals surface area contributed by atoms with Crippen molar-refractivity contribution in [3.8, 4) is 6.07 Å². The van der Waals surface area contributed by atoms with E-state index in [9.17, 15) is 0 Å². The summed E-state index contributed by atoms with van der Waals surface area (Å²) in [5.41, 5.74) is 1.23. The molecule has 0 fully saturated rings. The van der Waals surface area contributed by atoms with Gasteiger partial charge in [-0.3, -0.25) is 0 Å². The molecule has 0 aliphatic heterocycles.